The zero-order valence-electron chi connectivity index (χ0n) is 10.1. The van der Waals surface area contributed by atoms with Crippen LogP contribution in [0.15, 0.2) is 6.20 Å². The van der Waals surface area contributed by atoms with E-state index in [4.69, 9.17) is 5.11 Å². The van der Waals surface area contributed by atoms with E-state index in [1.165, 1.54) is 10.9 Å². The van der Waals surface area contributed by atoms with Crippen LogP contribution in [-0.4, -0.2) is 38.9 Å². The molecule has 8 nitrogen and oxygen atoms in total. The third-order valence-corrected chi connectivity index (χ3v) is 2.30. The zero-order chi connectivity index (χ0) is 13.5. The molecule has 0 spiro atoms. The van der Waals surface area contributed by atoms with Gasteiger partial charge in [-0.3, -0.25) is 4.79 Å². The largest absolute Gasteiger partial charge is 0.402 e. The van der Waals surface area contributed by atoms with Gasteiger partial charge >= 0.3 is 5.82 Å². The van der Waals surface area contributed by atoms with Crippen LogP contribution in [0, 0.1) is 10.1 Å². The van der Waals surface area contributed by atoms with Crippen molar-refractivity contribution in [1.29, 1.82) is 0 Å². The summed E-state index contributed by atoms with van der Waals surface area (Å²) in [5.74, 6) is -1.00. The van der Waals surface area contributed by atoms with Gasteiger partial charge in [-0.1, -0.05) is 13.3 Å². The molecule has 1 heterocycles. The molecule has 0 aromatic carbocycles. The van der Waals surface area contributed by atoms with E-state index in [0.29, 0.717) is 6.54 Å². The van der Waals surface area contributed by atoms with Gasteiger partial charge in [0.2, 0.25) is 0 Å². The van der Waals surface area contributed by atoms with Gasteiger partial charge in [0.25, 0.3) is 5.91 Å². The summed E-state index contributed by atoms with van der Waals surface area (Å²) < 4.78 is 1.19. The number of nitrogens with zero attached hydrogens (tertiary/aromatic N) is 3. The van der Waals surface area contributed by atoms with Gasteiger partial charge in [0, 0.05) is 6.54 Å². The second-order valence-electron chi connectivity index (χ2n) is 3.72. The van der Waals surface area contributed by atoms with Crippen LogP contribution in [0.2, 0.25) is 0 Å². The number of carbonyl (C=O) groups is 1. The highest BCUT2D eigenvalue weighted by molar-refractivity contribution is 5.97. The summed E-state index contributed by atoms with van der Waals surface area (Å²) in [5.41, 5.74) is -0.0791. The van der Waals surface area contributed by atoms with Crippen LogP contribution in [0.5, 0.6) is 0 Å². The number of nitrogens with one attached hydrogen (secondary N) is 1. The molecule has 1 amide bonds. The van der Waals surface area contributed by atoms with E-state index in [0.717, 1.165) is 12.8 Å². The number of aromatic nitrogens is 2. The third kappa shape index (κ3) is 3.52. The van der Waals surface area contributed by atoms with Gasteiger partial charge in [-0.2, -0.15) is 4.68 Å². The van der Waals surface area contributed by atoms with Gasteiger partial charge in [0.15, 0.2) is 5.56 Å². The number of hydrogen-bond donors (Lipinski definition) is 2. The molecule has 0 aliphatic carbocycles. The topological polar surface area (TPSA) is 110 Å². The molecule has 100 valence electrons. The van der Waals surface area contributed by atoms with Gasteiger partial charge in [-0.15, -0.1) is 0 Å². The van der Waals surface area contributed by atoms with Crippen molar-refractivity contribution in [3.63, 3.8) is 0 Å². The number of rotatable bonds is 7. The molecule has 8 heteroatoms. The van der Waals surface area contributed by atoms with E-state index >= 15 is 0 Å². The molecule has 18 heavy (non-hydrogen) atoms. The fraction of sp³-hybridized carbons (Fsp3) is 0.600. The number of carbonyl (C=O) groups excluding carboxylic acids is 1. The number of amides is 1. The van der Waals surface area contributed by atoms with Crippen LogP contribution in [-0.2, 0) is 6.54 Å². The lowest BCUT2D eigenvalue weighted by atomic mass is 10.3. The van der Waals surface area contributed by atoms with Crippen LogP contribution in [0.3, 0.4) is 0 Å². The highest BCUT2D eigenvalue weighted by atomic mass is 16.6. The predicted octanol–water partition coefficient (Wildman–Crippen LogP) is 0.313. The van der Waals surface area contributed by atoms with Crippen LogP contribution < -0.4 is 5.32 Å². The summed E-state index contributed by atoms with van der Waals surface area (Å²) in [5, 5.41) is 25.7. The number of hydrogen-bond acceptors (Lipinski definition) is 5. The van der Waals surface area contributed by atoms with Crippen molar-refractivity contribution in [2.24, 2.45) is 0 Å². The minimum absolute atomic E-state index is 0.0791. The Morgan fingerprint density at radius 1 is 1.67 bits per heavy atom. The molecule has 0 saturated carbocycles. The Labute approximate surface area is 104 Å². The number of aliphatic hydroxyl groups excluding tert-OH is 1. The van der Waals surface area contributed by atoms with E-state index < -0.39 is 16.6 Å². The molecule has 0 fully saturated rings. The smallest absolute Gasteiger partial charge is 0.394 e. The molecule has 0 aliphatic heterocycles. The van der Waals surface area contributed by atoms with Gasteiger partial charge < -0.3 is 20.5 Å². The van der Waals surface area contributed by atoms with E-state index in [1.54, 1.807) is 0 Å². The quantitative estimate of drug-likeness (QED) is 0.414. The predicted molar refractivity (Wildman–Crippen MR) is 63.2 cm³/mol. The second-order valence-corrected chi connectivity index (χ2v) is 3.72. The van der Waals surface area contributed by atoms with E-state index in [2.05, 4.69) is 10.4 Å². The molecule has 1 aromatic rings. The third-order valence-electron chi connectivity index (χ3n) is 2.30. The van der Waals surface area contributed by atoms with Crippen molar-refractivity contribution in [3.8, 4) is 0 Å². The first-order chi connectivity index (χ1) is 8.60. The van der Waals surface area contributed by atoms with Gasteiger partial charge in [0.1, 0.15) is 0 Å². The van der Waals surface area contributed by atoms with E-state index in [-0.39, 0.29) is 18.7 Å². The average molecular weight is 256 g/mol. The highest BCUT2D eigenvalue weighted by Crippen LogP contribution is 2.15. The summed E-state index contributed by atoms with van der Waals surface area (Å²) >= 11 is 0. The fourth-order valence-electron chi connectivity index (χ4n) is 1.40. The molecular weight excluding hydrogens is 240 g/mol. The standard InChI is InChI=1S/C10H16N4O4/c1-2-3-4-11-10(16)8-7-13(5-6-15)12-9(8)14(17)18/h7,15H,2-6H2,1H3,(H,11,16). The molecule has 0 saturated heterocycles. The lowest BCUT2D eigenvalue weighted by molar-refractivity contribution is -0.390. The van der Waals surface area contributed by atoms with E-state index in [9.17, 15) is 14.9 Å². The Kier molecular flexibility index (Phi) is 5.25. The maximum atomic E-state index is 11.7. The summed E-state index contributed by atoms with van der Waals surface area (Å²) in [6.45, 7) is 2.37. The van der Waals surface area contributed by atoms with Crippen molar-refractivity contribution in [1.82, 2.24) is 15.1 Å². The molecule has 2 N–H and O–H groups in total. The normalized spacial score (nSPS) is 10.3. The molecule has 0 atom stereocenters. The van der Waals surface area contributed by atoms with Crippen LogP contribution in [0.1, 0.15) is 30.1 Å². The molecule has 0 radical (unpaired) electrons. The van der Waals surface area contributed by atoms with Gasteiger partial charge in [-0.05, 0) is 11.3 Å². The van der Waals surface area contributed by atoms with Crippen molar-refractivity contribution >= 4 is 11.7 Å². The number of nitro groups is 1. The second kappa shape index (κ2) is 6.70. The highest BCUT2D eigenvalue weighted by Gasteiger charge is 2.25. The first-order valence-corrected chi connectivity index (χ1v) is 5.71. The first-order valence-electron chi connectivity index (χ1n) is 5.71. The van der Waals surface area contributed by atoms with Crippen LogP contribution >= 0.6 is 0 Å². The van der Waals surface area contributed by atoms with Gasteiger partial charge in [-0.25, -0.2) is 0 Å². The lowest BCUT2D eigenvalue weighted by Crippen LogP contribution is -2.24. The summed E-state index contributed by atoms with van der Waals surface area (Å²) in [7, 11) is 0. The molecule has 1 rings (SSSR count). The van der Waals surface area contributed by atoms with Crippen LogP contribution in [0.4, 0.5) is 5.82 Å². The van der Waals surface area contributed by atoms with Crippen molar-refractivity contribution in [3.05, 3.63) is 21.9 Å². The Morgan fingerprint density at radius 2 is 2.39 bits per heavy atom. The molecular formula is C10H16N4O4. The summed E-state index contributed by atoms with van der Waals surface area (Å²) in [6, 6.07) is 0. The number of unbranched alkanes of at least 4 members (excludes halogenated alkanes) is 1. The Morgan fingerprint density at radius 3 is 2.94 bits per heavy atom. The minimum atomic E-state index is -0.706. The summed E-state index contributed by atoms with van der Waals surface area (Å²) in [6.07, 6.45) is 3.01. The van der Waals surface area contributed by atoms with Crippen molar-refractivity contribution in [2.75, 3.05) is 13.2 Å². The van der Waals surface area contributed by atoms with Gasteiger partial charge in [0.05, 0.1) is 24.4 Å². The van der Waals surface area contributed by atoms with E-state index in [1.807, 2.05) is 6.92 Å². The van der Waals surface area contributed by atoms with Crippen molar-refractivity contribution in [2.45, 2.75) is 26.3 Å². The molecule has 1 aromatic heterocycles. The molecule has 0 unspecified atom stereocenters. The van der Waals surface area contributed by atoms with Crippen LogP contribution in [0.25, 0.3) is 0 Å². The first kappa shape index (κ1) is 14.1. The fourth-order valence-corrected chi connectivity index (χ4v) is 1.40. The Bertz CT molecular complexity index is 430. The zero-order valence-corrected chi connectivity index (χ0v) is 10.1. The molecule has 0 aliphatic rings. The maximum Gasteiger partial charge on any atom is 0.402 e. The Hall–Kier alpha value is -1.96. The monoisotopic (exact) mass is 256 g/mol. The average Bonchev–Trinajstić information content (AvgIpc) is 2.74. The minimum Gasteiger partial charge on any atom is -0.394 e. The van der Waals surface area contributed by atoms with Crippen molar-refractivity contribution < 1.29 is 14.8 Å². The molecule has 0 bridgehead atoms. The number of aliphatic hydroxyl groups is 1. The lowest BCUT2D eigenvalue weighted by Gasteiger charge is -2.01. The summed E-state index contributed by atoms with van der Waals surface area (Å²) in [4.78, 5) is 21.8. The maximum absolute atomic E-state index is 11.7. The Balaban J connectivity index is 2.84. The SMILES string of the molecule is CCCCNC(=O)c1cn(CCO)nc1[N+](=O)[O-].